The zero-order valence-electron chi connectivity index (χ0n) is 20.2. The van der Waals surface area contributed by atoms with Crippen LogP contribution >= 0.6 is 11.8 Å². The Morgan fingerprint density at radius 2 is 1.94 bits per heavy atom. The van der Waals surface area contributed by atoms with Crippen LogP contribution in [-0.4, -0.2) is 47.6 Å². The zero-order chi connectivity index (χ0) is 25.5. The van der Waals surface area contributed by atoms with Gasteiger partial charge in [-0.25, -0.2) is 13.8 Å². The summed E-state index contributed by atoms with van der Waals surface area (Å²) >= 11 is 1.30. The number of thioether (sulfide) groups is 1. The van der Waals surface area contributed by atoms with Crippen molar-refractivity contribution in [1.29, 1.82) is 0 Å². The van der Waals surface area contributed by atoms with Crippen LogP contribution in [0.4, 0.5) is 14.6 Å². The van der Waals surface area contributed by atoms with Gasteiger partial charge in [0.2, 0.25) is 0 Å². The maximum Gasteiger partial charge on any atom is 0.280 e. The lowest BCUT2D eigenvalue weighted by Crippen LogP contribution is -2.28. The highest BCUT2D eigenvalue weighted by atomic mass is 32.2. The quantitative estimate of drug-likeness (QED) is 0.591. The number of nitrogens with one attached hydrogen (secondary N) is 2. The number of carbonyl (C=O) groups excluding carboxylic acids is 1. The van der Waals surface area contributed by atoms with Crippen LogP contribution < -0.4 is 20.4 Å². The maximum absolute atomic E-state index is 13.3. The molecular formula is C24H28F2N6O2S. The number of amidine groups is 1. The Morgan fingerprint density at radius 3 is 2.57 bits per heavy atom. The number of aromatic nitrogens is 2. The molecule has 1 aliphatic heterocycles. The standard InChI is InChI=1S/C22H22F2N6O2S.C2H6/c1-30(2)18-9-13(14-8-16(20(23)24)25-11-17(14)32-3)15(10-26-18)21(31)27-22-29-28-19(33-22)7-6-12-4-5-12;1-2/h8-12,19-20,28H,4-5H2,1-3H3,(H,27,29,31);1-2H3. The van der Waals surface area contributed by atoms with Crippen molar-refractivity contribution >= 4 is 28.7 Å². The lowest BCUT2D eigenvalue weighted by Gasteiger charge is -2.17. The molecule has 1 unspecified atom stereocenters. The number of carbonyl (C=O) groups is 1. The molecule has 35 heavy (non-hydrogen) atoms. The smallest absolute Gasteiger partial charge is 0.280 e. The minimum Gasteiger partial charge on any atom is -0.494 e. The molecule has 0 saturated heterocycles. The summed E-state index contributed by atoms with van der Waals surface area (Å²) in [6.45, 7) is 4.00. The number of rotatable bonds is 5. The molecule has 2 aromatic rings. The molecule has 0 radical (unpaired) electrons. The molecule has 0 spiro atoms. The van der Waals surface area contributed by atoms with Gasteiger partial charge in [-0.3, -0.25) is 20.5 Å². The number of hydrogen-bond acceptors (Lipinski definition) is 8. The second-order valence-electron chi connectivity index (χ2n) is 7.65. The summed E-state index contributed by atoms with van der Waals surface area (Å²) in [6, 6.07) is 2.87. The summed E-state index contributed by atoms with van der Waals surface area (Å²) in [6.07, 6.45) is 2.10. The Kier molecular flexibility index (Phi) is 8.87. The average Bonchev–Trinajstić information content (AvgIpc) is 3.60. The minimum atomic E-state index is -2.77. The molecule has 3 heterocycles. The monoisotopic (exact) mass is 502 g/mol. The maximum atomic E-state index is 13.3. The fourth-order valence-electron chi connectivity index (χ4n) is 3.03. The van der Waals surface area contributed by atoms with E-state index in [0.29, 0.717) is 28.0 Å². The van der Waals surface area contributed by atoms with E-state index in [9.17, 15) is 13.6 Å². The third-order valence-electron chi connectivity index (χ3n) is 4.94. The first kappa shape index (κ1) is 26.2. The van der Waals surface area contributed by atoms with Gasteiger partial charge in [0.15, 0.2) is 10.5 Å². The highest BCUT2D eigenvalue weighted by molar-refractivity contribution is 8.14. The van der Waals surface area contributed by atoms with Crippen LogP contribution in [0, 0.1) is 17.8 Å². The Bertz CT molecular complexity index is 1160. The van der Waals surface area contributed by atoms with Gasteiger partial charge in [-0.05, 0) is 36.7 Å². The van der Waals surface area contributed by atoms with E-state index in [1.165, 1.54) is 37.3 Å². The predicted molar refractivity (Wildman–Crippen MR) is 135 cm³/mol. The van der Waals surface area contributed by atoms with Crippen molar-refractivity contribution in [3.8, 4) is 28.7 Å². The SMILES string of the molecule is CC.COc1cnc(C(F)F)cc1-c1cc(N(C)C)ncc1C(=O)NC1=NNC(C#CC2CC2)S1. The van der Waals surface area contributed by atoms with Crippen molar-refractivity contribution < 1.29 is 18.3 Å². The van der Waals surface area contributed by atoms with Crippen molar-refractivity contribution in [2.75, 3.05) is 26.1 Å². The number of halogens is 2. The molecule has 11 heteroatoms. The molecule has 0 bridgehead atoms. The second kappa shape index (κ2) is 11.8. The van der Waals surface area contributed by atoms with E-state index >= 15 is 0 Å². The Labute approximate surface area is 207 Å². The van der Waals surface area contributed by atoms with Gasteiger partial charge in [0.1, 0.15) is 17.3 Å². The third-order valence-corrected chi connectivity index (χ3v) is 5.82. The molecule has 2 N–H and O–H groups in total. The summed E-state index contributed by atoms with van der Waals surface area (Å²) in [5.74, 6) is 7.05. The summed E-state index contributed by atoms with van der Waals surface area (Å²) in [7, 11) is 4.99. The number of alkyl halides is 2. The van der Waals surface area contributed by atoms with Crippen LogP contribution in [0.2, 0.25) is 0 Å². The average molecular weight is 503 g/mol. The van der Waals surface area contributed by atoms with Crippen molar-refractivity contribution in [3.63, 3.8) is 0 Å². The fourth-order valence-corrected chi connectivity index (χ4v) is 3.74. The van der Waals surface area contributed by atoms with Crippen molar-refractivity contribution in [2.24, 2.45) is 11.0 Å². The molecule has 186 valence electrons. The Morgan fingerprint density at radius 1 is 1.20 bits per heavy atom. The van der Waals surface area contributed by atoms with Crippen LogP contribution in [0.25, 0.3) is 11.1 Å². The van der Waals surface area contributed by atoms with E-state index in [2.05, 4.69) is 37.7 Å². The van der Waals surface area contributed by atoms with Gasteiger partial charge < -0.3 is 9.64 Å². The van der Waals surface area contributed by atoms with Crippen LogP contribution in [0.15, 0.2) is 29.6 Å². The number of pyridine rings is 2. The van der Waals surface area contributed by atoms with E-state index in [1.807, 2.05) is 13.8 Å². The predicted octanol–water partition coefficient (Wildman–Crippen LogP) is 4.26. The van der Waals surface area contributed by atoms with Crippen molar-refractivity contribution in [3.05, 3.63) is 35.8 Å². The lowest BCUT2D eigenvalue weighted by molar-refractivity contribution is 0.0978. The number of ether oxygens (including phenoxy) is 1. The largest absolute Gasteiger partial charge is 0.494 e. The fraction of sp³-hybridized carbons (Fsp3) is 0.417. The molecule has 2 aliphatic rings. The molecule has 1 amide bonds. The molecular weight excluding hydrogens is 474 g/mol. The topological polar surface area (TPSA) is 91.7 Å². The minimum absolute atomic E-state index is 0.182. The van der Waals surface area contributed by atoms with Crippen LogP contribution in [0.1, 0.15) is 49.2 Å². The van der Waals surface area contributed by atoms with E-state index in [4.69, 9.17) is 4.74 Å². The van der Waals surface area contributed by atoms with Crippen molar-refractivity contribution in [2.45, 2.75) is 38.5 Å². The highest BCUT2D eigenvalue weighted by Crippen LogP contribution is 2.36. The van der Waals surface area contributed by atoms with Crippen LogP contribution in [0.3, 0.4) is 0 Å². The molecule has 1 saturated carbocycles. The van der Waals surface area contributed by atoms with E-state index in [0.717, 1.165) is 12.8 Å². The first-order valence-corrected chi connectivity index (χ1v) is 12.1. The van der Waals surface area contributed by atoms with Gasteiger partial charge in [0.25, 0.3) is 12.3 Å². The first-order chi connectivity index (χ1) is 16.9. The number of methoxy groups -OCH3 is 1. The van der Waals surface area contributed by atoms with E-state index in [-0.39, 0.29) is 16.7 Å². The van der Waals surface area contributed by atoms with Gasteiger partial charge in [-0.1, -0.05) is 25.7 Å². The molecule has 2 aromatic heterocycles. The molecule has 0 aromatic carbocycles. The Balaban J connectivity index is 0.00000167. The second-order valence-corrected chi connectivity index (χ2v) is 8.75. The van der Waals surface area contributed by atoms with Crippen molar-refractivity contribution in [1.82, 2.24) is 20.7 Å². The summed E-state index contributed by atoms with van der Waals surface area (Å²) in [4.78, 5) is 23.0. The number of hydrazone groups is 1. The summed E-state index contributed by atoms with van der Waals surface area (Å²) < 4.78 is 32.0. The molecule has 8 nitrogen and oxygen atoms in total. The van der Waals surface area contributed by atoms with E-state index in [1.54, 1.807) is 25.1 Å². The highest BCUT2D eigenvalue weighted by Gasteiger charge is 2.25. The van der Waals surface area contributed by atoms with Crippen LogP contribution in [-0.2, 0) is 0 Å². The number of anilines is 1. The molecule has 4 rings (SSSR count). The summed E-state index contributed by atoms with van der Waals surface area (Å²) in [5, 5.41) is 7.02. The molecule has 1 aliphatic carbocycles. The zero-order valence-corrected chi connectivity index (χ0v) is 21.0. The number of hydrogen-bond donors (Lipinski definition) is 2. The molecule has 1 atom stereocenters. The lowest BCUT2D eigenvalue weighted by atomic mass is 10.00. The normalized spacial score (nSPS) is 16.2. The van der Waals surface area contributed by atoms with Gasteiger partial charge in [0.05, 0.1) is 18.9 Å². The summed E-state index contributed by atoms with van der Waals surface area (Å²) in [5.41, 5.74) is 3.34. The van der Waals surface area contributed by atoms with Gasteiger partial charge in [-0.15, -0.1) is 0 Å². The van der Waals surface area contributed by atoms with E-state index < -0.39 is 18.0 Å². The number of amides is 1. The molecule has 1 fully saturated rings. The first-order valence-electron chi connectivity index (χ1n) is 11.2. The third kappa shape index (κ3) is 6.60. The van der Waals surface area contributed by atoms with Gasteiger partial charge >= 0.3 is 0 Å². The van der Waals surface area contributed by atoms with Gasteiger partial charge in [0, 0.05) is 37.3 Å². The van der Waals surface area contributed by atoms with Crippen LogP contribution in [0.5, 0.6) is 5.75 Å². The Hall–Kier alpha value is -3.39. The van der Waals surface area contributed by atoms with Gasteiger partial charge in [-0.2, -0.15) is 5.10 Å². The number of nitrogens with zero attached hydrogens (tertiary/aromatic N) is 4.